The molecular formula is C13H10N2O5. The molecule has 0 aliphatic rings. The molecule has 20 heavy (non-hydrogen) atoms. The Bertz CT molecular complexity index is 667. The molecule has 0 aliphatic heterocycles. The minimum Gasteiger partial charge on any atom is -0.478 e. The average molecular weight is 274 g/mol. The smallest absolute Gasteiger partial charge is 0.335 e. The summed E-state index contributed by atoms with van der Waals surface area (Å²) in [5.74, 6) is -0.912. The zero-order chi connectivity index (χ0) is 14.7. The molecule has 7 heteroatoms. The van der Waals surface area contributed by atoms with Gasteiger partial charge in [0.2, 0.25) is 0 Å². The van der Waals surface area contributed by atoms with Crippen molar-refractivity contribution in [1.29, 1.82) is 0 Å². The molecule has 0 saturated carbocycles. The average Bonchev–Trinajstić information content (AvgIpc) is 2.39. The van der Waals surface area contributed by atoms with Crippen LogP contribution in [-0.2, 0) is 0 Å². The van der Waals surface area contributed by atoms with Gasteiger partial charge in [-0.1, -0.05) is 0 Å². The maximum absolute atomic E-state index is 11.0. The zero-order valence-electron chi connectivity index (χ0n) is 10.4. The van der Waals surface area contributed by atoms with E-state index in [1.807, 2.05) is 0 Å². The number of aromatic carboxylic acids is 1. The summed E-state index contributed by atoms with van der Waals surface area (Å²) in [5, 5.41) is 19.8. The van der Waals surface area contributed by atoms with Crippen LogP contribution in [0.1, 0.15) is 15.9 Å². The summed E-state index contributed by atoms with van der Waals surface area (Å²) in [6.07, 6.45) is 1.41. The lowest BCUT2D eigenvalue weighted by molar-refractivity contribution is -0.386. The summed E-state index contributed by atoms with van der Waals surface area (Å²) >= 11 is 0. The molecule has 2 rings (SSSR count). The maximum Gasteiger partial charge on any atom is 0.335 e. The van der Waals surface area contributed by atoms with Crippen molar-refractivity contribution in [2.45, 2.75) is 6.92 Å². The molecule has 0 radical (unpaired) electrons. The van der Waals surface area contributed by atoms with Crippen molar-refractivity contribution in [3.63, 3.8) is 0 Å². The number of aromatic nitrogens is 1. The van der Waals surface area contributed by atoms with Crippen molar-refractivity contribution in [2.75, 3.05) is 0 Å². The molecule has 1 aromatic carbocycles. The minimum absolute atomic E-state index is 0.101. The number of hydrogen-bond donors (Lipinski definition) is 1. The third kappa shape index (κ3) is 2.72. The monoisotopic (exact) mass is 274 g/mol. The first-order valence-corrected chi connectivity index (χ1v) is 5.60. The van der Waals surface area contributed by atoms with E-state index in [-0.39, 0.29) is 22.9 Å². The fourth-order valence-corrected chi connectivity index (χ4v) is 1.60. The molecule has 0 bridgehead atoms. The Morgan fingerprint density at radius 1 is 1.30 bits per heavy atom. The van der Waals surface area contributed by atoms with Gasteiger partial charge in [-0.15, -0.1) is 0 Å². The molecule has 0 amide bonds. The maximum atomic E-state index is 11.0. The number of carbonyl (C=O) groups is 1. The quantitative estimate of drug-likeness (QED) is 0.679. The van der Waals surface area contributed by atoms with E-state index in [1.165, 1.54) is 36.5 Å². The highest BCUT2D eigenvalue weighted by Gasteiger charge is 2.20. The van der Waals surface area contributed by atoms with Gasteiger partial charge in [0.15, 0.2) is 0 Å². The molecule has 1 N–H and O–H groups in total. The summed E-state index contributed by atoms with van der Waals surface area (Å²) in [6, 6.07) is 7.03. The Morgan fingerprint density at radius 3 is 2.50 bits per heavy atom. The second-order valence-corrected chi connectivity index (χ2v) is 3.97. The highest BCUT2D eigenvalue weighted by molar-refractivity contribution is 5.87. The van der Waals surface area contributed by atoms with Crippen LogP contribution in [0.25, 0.3) is 0 Å². The number of hydrogen-bond acceptors (Lipinski definition) is 5. The van der Waals surface area contributed by atoms with E-state index in [0.29, 0.717) is 5.56 Å². The highest BCUT2D eigenvalue weighted by Crippen LogP contribution is 2.31. The van der Waals surface area contributed by atoms with Gasteiger partial charge in [0.05, 0.1) is 10.5 Å². The molecule has 0 unspecified atom stereocenters. The van der Waals surface area contributed by atoms with Crippen LogP contribution in [0.4, 0.5) is 5.69 Å². The van der Waals surface area contributed by atoms with Crippen LogP contribution in [0, 0.1) is 17.0 Å². The summed E-state index contributed by atoms with van der Waals surface area (Å²) in [4.78, 5) is 25.0. The van der Waals surface area contributed by atoms with Crippen LogP contribution < -0.4 is 4.74 Å². The fourth-order valence-electron chi connectivity index (χ4n) is 1.60. The second kappa shape index (κ2) is 5.35. The third-order valence-corrected chi connectivity index (χ3v) is 2.59. The number of ether oxygens (including phenoxy) is 1. The van der Waals surface area contributed by atoms with Gasteiger partial charge in [-0.25, -0.2) is 9.78 Å². The van der Waals surface area contributed by atoms with Crippen LogP contribution in [0.2, 0.25) is 0 Å². The van der Waals surface area contributed by atoms with E-state index in [9.17, 15) is 14.9 Å². The Kier molecular flexibility index (Phi) is 3.60. The first kappa shape index (κ1) is 13.5. The van der Waals surface area contributed by atoms with Crippen LogP contribution >= 0.6 is 0 Å². The van der Waals surface area contributed by atoms with E-state index in [0.717, 1.165) is 0 Å². The van der Waals surface area contributed by atoms with Crippen LogP contribution in [0.15, 0.2) is 36.5 Å². The van der Waals surface area contributed by atoms with Gasteiger partial charge in [-0.2, -0.15) is 0 Å². The minimum atomic E-state index is -1.06. The standard InChI is InChI=1S/C13H10N2O5/c1-8-6-7-14-12(11(8)15(18)19)20-10-4-2-9(3-5-10)13(16)17/h2-7H,1H3,(H,16,17). The fraction of sp³-hybridized carbons (Fsp3) is 0.0769. The summed E-state index contributed by atoms with van der Waals surface area (Å²) in [7, 11) is 0. The number of nitrogens with zero attached hydrogens (tertiary/aromatic N) is 2. The molecule has 0 saturated heterocycles. The number of rotatable bonds is 4. The van der Waals surface area contributed by atoms with Crippen molar-refractivity contribution >= 4 is 11.7 Å². The van der Waals surface area contributed by atoms with E-state index in [2.05, 4.69) is 4.98 Å². The van der Waals surface area contributed by atoms with Crippen LogP contribution in [-0.4, -0.2) is 21.0 Å². The SMILES string of the molecule is Cc1ccnc(Oc2ccc(C(=O)O)cc2)c1[N+](=O)[O-]. The lowest BCUT2D eigenvalue weighted by atomic mass is 10.2. The predicted octanol–water partition coefficient (Wildman–Crippen LogP) is 2.79. The van der Waals surface area contributed by atoms with Gasteiger partial charge >= 0.3 is 11.7 Å². The molecule has 0 fully saturated rings. The molecule has 0 spiro atoms. The van der Waals surface area contributed by atoms with Crippen molar-refractivity contribution in [3.05, 3.63) is 57.8 Å². The van der Waals surface area contributed by atoms with Crippen LogP contribution in [0.3, 0.4) is 0 Å². The highest BCUT2D eigenvalue weighted by atomic mass is 16.6. The summed E-state index contributed by atoms with van der Waals surface area (Å²) < 4.78 is 5.34. The van der Waals surface area contributed by atoms with E-state index >= 15 is 0 Å². The summed E-state index contributed by atoms with van der Waals surface area (Å²) in [6.45, 7) is 1.58. The molecule has 7 nitrogen and oxygen atoms in total. The first-order chi connectivity index (χ1) is 9.49. The van der Waals surface area contributed by atoms with Gasteiger partial charge in [0.1, 0.15) is 5.75 Å². The van der Waals surface area contributed by atoms with Gasteiger partial charge in [-0.3, -0.25) is 10.1 Å². The Hall–Kier alpha value is -2.96. The number of carboxylic acids is 1. The Balaban J connectivity index is 2.33. The molecule has 1 aromatic heterocycles. The van der Waals surface area contributed by atoms with E-state index < -0.39 is 10.9 Å². The van der Waals surface area contributed by atoms with Crippen molar-refractivity contribution < 1.29 is 19.6 Å². The molecule has 0 atom stereocenters. The molecular weight excluding hydrogens is 264 g/mol. The topological polar surface area (TPSA) is 103 Å². The normalized spacial score (nSPS) is 10.1. The summed E-state index contributed by atoms with van der Waals surface area (Å²) in [5.41, 5.74) is 0.320. The number of benzene rings is 1. The largest absolute Gasteiger partial charge is 0.478 e. The van der Waals surface area contributed by atoms with E-state index in [1.54, 1.807) is 6.92 Å². The number of carboxylic acid groups (broad SMARTS) is 1. The van der Waals surface area contributed by atoms with Crippen molar-refractivity contribution in [2.24, 2.45) is 0 Å². The predicted molar refractivity (Wildman–Crippen MR) is 69.1 cm³/mol. The number of pyridine rings is 1. The van der Waals surface area contributed by atoms with Gasteiger partial charge in [-0.05, 0) is 37.3 Å². The molecule has 2 aromatic rings. The van der Waals surface area contributed by atoms with Gasteiger partial charge in [0, 0.05) is 11.8 Å². The lowest BCUT2D eigenvalue weighted by Crippen LogP contribution is -1.99. The van der Waals surface area contributed by atoms with Crippen LogP contribution in [0.5, 0.6) is 11.6 Å². The molecule has 1 heterocycles. The van der Waals surface area contributed by atoms with Crippen molar-refractivity contribution in [3.8, 4) is 11.6 Å². The van der Waals surface area contributed by atoms with E-state index in [4.69, 9.17) is 9.84 Å². The Labute approximate surface area is 113 Å². The Morgan fingerprint density at radius 2 is 1.95 bits per heavy atom. The molecule has 102 valence electrons. The third-order valence-electron chi connectivity index (χ3n) is 2.59. The second-order valence-electron chi connectivity index (χ2n) is 3.97. The number of nitro groups is 1. The van der Waals surface area contributed by atoms with Crippen molar-refractivity contribution in [1.82, 2.24) is 4.98 Å². The number of aryl methyl sites for hydroxylation is 1. The molecule has 0 aliphatic carbocycles. The zero-order valence-corrected chi connectivity index (χ0v) is 10.4. The van der Waals surface area contributed by atoms with Gasteiger partial charge in [0.25, 0.3) is 5.88 Å². The van der Waals surface area contributed by atoms with Gasteiger partial charge < -0.3 is 9.84 Å². The first-order valence-electron chi connectivity index (χ1n) is 5.60. The lowest BCUT2D eigenvalue weighted by Gasteiger charge is -2.06.